The van der Waals surface area contributed by atoms with E-state index in [9.17, 15) is 4.79 Å². The van der Waals surface area contributed by atoms with E-state index in [4.69, 9.17) is 5.11 Å². The minimum Gasteiger partial charge on any atom is -0.395 e. The van der Waals surface area contributed by atoms with Gasteiger partial charge in [0.15, 0.2) is 5.16 Å². The van der Waals surface area contributed by atoms with Crippen LogP contribution in [0.1, 0.15) is 17.5 Å². The summed E-state index contributed by atoms with van der Waals surface area (Å²) in [5.74, 6) is 6.64. The van der Waals surface area contributed by atoms with E-state index in [-0.39, 0.29) is 12.2 Å². The molecule has 0 aliphatic heterocycles. The van der Waals surface area contributed by atoms with E-state index in [1.807, 2.05) is 24.3 Å². The molecule has 0 radical (unpaired) electrons. The van der Waals surface area contributed by atoms with E-state index in [0.717, 1.165) is 11.1 Å². The number of benzene rings is 1. The highest BCUT2D eigenvalue weighted by Crippen LogP contribution is 2.20. The SMILES string of the molecule is O=c1ccnc(SCc2ccccc2C#CCCO)[nH]1. The lowest BCUT2D eigenvalue weighted by Gasteiger charge is -2.03. The quantitative estimate of drug-likeness (QED) is 0.511. The molecule has 0 bridgehead atoms. The second kappa shape index (κ2) is 7.53. The van der Waals surface area contributed by atoms with Crippen LogP contribution < -0.4 is 5.56 Å². The lowest BCUT2D eigenvalue weighted by atomic mass is 10.1. The molecule has 102 valence electrons. The van der Waals surface area contributed by atoms with E-state index < -0.39 is 0 Å². The largest absolute Gasteiger partial charge is 0.395 e. The molecular formula is C15H14N2O2S. The fraction of sp³-hybridized carbons (Fsp3) is 0.200. The molecule has 0 aliphatic rings. The van der Waals surface area contributed by atoms with Gasteiger partial charge in [0.25, 0.3) is 5.56 Å². The molecule has 4 nitrogen and oxygen atoms in total. The third kappa shape index (κ3) is 4.26. The smallest absolute Gasteiger partial charge is 0.251 e. The number of aromatic amines is 1. The van der Waals surface area contributed by atoms with Crippen LogP contribution in [0.4, 0.5) is 0 Å². The number of H-pyrrole nitrogens is 1. The van der Waals surface area contributed by atoms with Gasteiger partial charge in [-0.25, -0.2) is 4.98 Å². The predicted octanol–water partition coefficient (Wildman–Crippen LogP) is 1.80. The Morgan fingerprint density at radius 2 is 2.15 bits per heavy atom. The standard InChI is InChI=1S/C15H14N2O2S/c18-10-4-3-6-12-5-1-2-7-13(12)11-20-15-16-9-8-14(19)17-15/h1-2,5,7-9,18H,4,10-11H2,(H,16,17,19). The number of nitrogens with one attached hydrogen (secondary N) is 1. The van der Waals surface area contributed by atoms with Crippen molar-refractivity contribution in [2.45, 2.75) is 17.3 Å². The predicted molar refractivity (Wildman–Crippen MR) is 79.4 cm³/mol. The topological polar surface area (TPSA) is 66.0 Å². The monoisotopic (exact) mass is 286 g/mol. The number of aromatic nitrogens is 2. The average Bonchev–Trinajstić information content (AvgIpc) is 2.47. The highest BCUT2D eigenvalue weighted by molar-refractivity contribution is 7.98. The summed E-state index contributed by atoms with van der Waals surface area (Å²) in [4.78, 5) is 18.0. The Bertz CT molecular complexity index is 686. The zero-order chi connectivity index (χ0) is 14.2. The Morgan fingerprint density at radius 1 is 1.30 bits per heavy atom. The molecule has 1 heterocycles. The molecule has 2 aromatic rings. The van der Waals surface area contributed by atoms with Crippen molar-refractivity contribution in [2.24, 2.45) is 0 Å². The van der Waals surface area contributed by atoms with Crippen molar-refractivity contribution in [2.75, 3.05) is 6.61 Å². The van der Waals surface area contributed by atoms with E-state index in [1.54, 1.807) is 0 Å². The molecule has 0 aliphatic carbocycles. The molecule has 0 fully saturated rings. The van der Waals surface area contributed by atoms with Crippen LogP contribution in [0.2, 0.25) is 0 Å². The molecule has 1 aromatic carbocycles. The first-order chi connectivity index (χ1) is 9.79. The van der Waals surface area contributed by atoms with Crippen LogP contribution in [-0.4, -0.2) is 21.7 Å². The zero-order valence-corrected chi connectivity index (χ0v) is 11.6. The molecule has 0 amide bonds. The van der Waals surface area contributed by atoms with Gasteiger partial charge in [-0.2, -0.15) is 0 Å². The van der Waals surface area contributed by atoms with Crippen molar-refractivity contribution >= 4 is 11.8 Å². The summed E-state index contributed by atoms with van der Waals surface area (Å²) in [6.45, 7) is 0.0685. The second-order valence-electron chi connectivity index (χ2n) is 3.96. The second-order valence-corrected chi connectivity index (χ2v) is 4.92. The first-order valence-corrected chi connectivity index (χ1v) is 7.14. The van der Waals surface area contributed by atoms with Crippen LogP contribution in [0, 0.1) is 11.8 Å². The van der Waals surface area contributed by atoms with Gasteiger partial charge in [0.1, 0.15) is 0 Å². The molecular weight excluding hydrogens is 272 g/mol. The van der Waals surface area contributed by atoms with E-state index in [0.29, 0.717) is 17.3 Å². The van der Waals surface area contributed by atoms with E-state index in [2.05, 4.69) is 21.8 Å². The zero-order valence-electron chi connectivity index (χ0n) is 10.8. The number of rotatable bonds is 4. The molecule has 0 saturated heterocycles. The summed E-state index contributed by atoms with van der Waals surface area (Å²) in [5, 5.41) is 9.34. The van der Waals surface area contributed by atoms with Gasteiger partial charge in [0, 0.05) is 30.0 Å². The van der Waals surface area contributed by atoms with Gasteiger partial charge in [-0.3, -0.25) is 4.79 Å². The van der Waals surface area contributed by atoms with Crippen molar-refractivity contribution in [1.29, 1.82) is 0 Å². The van der Waals surface area contributed by atoms with Gasteiger partial charge in [0.2, 0.25) is 0 Å². The summed E-state index contributed by atoms with van der Waals surface area (Å²) < 4.78 is 0. The van der Waals surface area contributed by atoms with E-state index >= 15 is 0 Å². The maximum atomic E-state index is 11.2. The highest BCUT2D eigenvalue weighted by Gasteiger charge is 2.02. The van der Waals surface area contributed by atoms with Crippen molar-refractivity contribution in [3.8, 4) is 11.8 Å². The first-order valence-electron chi connectivity index (χ1n) is 6.15. The van der Waals surface area contributed by atoms with Gasteiger partial charge in [-0.1, -0.05) is 41.8 Å². The summed E-state index contributed by atoms with van der Waals surface area (Å²) in [6, 6.07) is 9.21. The van der Waals surface area contributed by atoms with Crippen molar-refractivity contribution in [1.82, 2.24) is 9.97 Å². The molecule has 0 saturated carbocycles. The summed E-state index contributed by atoms with van der Waals surface area (Å²) in [5.41, 5.74) is 1.86. The summed E-state index contributed by atoms with van der Waals surface area (Å²) in [7, 11) is 0. The summed E-state index contributed by atoms with van der Waals surface area (Å²) in [6.07, 6.45) is 1.96. The molecule has 0 spiro atoms. The maximum absolute atomic E-state index is 11.2. The Hall–Kier alpha value is -2.03. The number of thioether (sulfide) groups is 1. The average molecular weight is 286 g/mol. The minimum atomic E-state index is -0.154. The Morgan fingerprint density at radius 3 is 2.95 bits per heavy atom. The van der Waals surface area contributed by atoms with Gasteiger partial charge in [-0.05, 0) is 11.6 Å². The molecule has 2 N–H and O–H groups in total. The van der Waals surface area contributed by atoms with Gasteiger partial charge in [-0.15, -0.1) is 0 Å². The number of hydrogen-bond donors (Lipinski definition) is 2. The number of hydrogen-bond acceptors (Lipinski definition) is 4. The molecule has 5 heteroatoms. The fourth-order valence-corrected chi connectivity index (χ4v) is 2.41. The normalized spacial score (nSPS) is 9.85. The lowest BCUT2D eigenvalue weighted by molar-refractivity contribution is 0.305. The van der Waals surface area contributed by atoms with Crippen LogP contribution >= 0.6 is 11.8 Å². The molecule has 1 aromatic heterocycles. The van der Waals surface area contributed by atoms with Crippen LogP contribution in [0.3, 0.4) is 0 Å². The van der Waals surface area contributed by atoms with Crippen molar-refractivity contribution in [3.05, 3.63) is 58.0 Å². The van der Waals surface area contributed by atoms with Crippen molar-refractivity contribution < 1.29 is 5.11 Å². The first kappa shape index (κ1) is 14.4. The summed E-state index contributed by atoms with van der Waals surface area (Å²) >= 11 is 1.46. The Balaban J connectivity index is 2.10. The van der Waals surface area contributed by atoms with Crippen LogP contribution in [0.15, 0.2) is 46.5 Å². The third-order valence-electron chi connectivity index (χ3n) is 2.49. The van der Waals surface area contributed by atoms with Crippen LogP contribution in [0.5, 0.6) is 0 Å². The van der Waals surface area contributed by atoms with Gasteiger partial charge >= 0.3 is 0 Å². The third-order valence-corrected chi connectivity index (χ3v) is 3.43. The minimum absolute atomic E-state index is 0.0685. The number of nitrogens with zero attached hydrogens (tertiary/aromatic N) is 1. The van der Waals surface area contributed by atoms with Crippen LogP contribution in [-0.2, 0) is 5.75 Å². The van der Waals surface area contributed by atoms with Gasteiger partial charge in [0.05, 0.1) is 6.61 Å². The Kier molecular flexibility index (Phi) is 5.42. The molecule has 2 rings (SSSR count). The van der Waals surface area contributed by atoms with Crippen LogP contribution in [0.25, 0.3) is 0 Å². The highest BCUT2D eigenvalue weighted by atomic mass is 32.2. The lowest BCUT2D eigenvalue weighted by Crippen LogP contribution is -2.05. The van der Waals surface area contributed by atoms with Crippen molar-refractivity contribution in [3.63, 3.8) is 0 Å². The number of aliphatic hydroxyl groups excluding tert-OH is 1. The molecule has 0 atom stereocenters. The fourth-order valence-electron chi connectivity index (χ4n) is 1.55. The molecule has 0 unspecified atom stereocenters. The Labute approximate surface area is 121 Å². The maximum Gasteiger partial charge on any atom is 0.251 e. The van der Waals surface area contributed by atoms with Gasteiger partial charge < -0.3 is 10.1 Å². The molecule has 20 heavy (non-hydrogen) atoms. The van der Waals surface area contributed by atoms with E-state index in [1.165, 1.54) is 24.0 Å². The number of aliphatic hydroxyl groups is 1.